The third-order valence-corrected chi connectivity index (χ3v) is 7.62. The van der Waals surface area contributed by atoms with Crippen molar-refractivity contribution in [1.82, 2.24) is 0 Å². The van der Waals surface area contributed by atoms with Gasteiger partial charge in [0.2, 0.25) is 6.34 Å². The predicted octanol–water partition coefficient (Wildman–Crippen LogP) is 6.19. The fraction of sp³-hybridized carbons (Fsp3) is 0.167. The molecule has 4 aromatic carbocycles. The Morgan fingerprint density at radius 1 is 0.750 bits per heavy atom. The van der Waals surface area contributed by atoms with E-state index in [1.54, 1.807) is 18.2 Å². The first-order chi connectivity index (χ1) is 17.3. The van der Waals surface area contributed by atoms with E-state index in [1.807, 2.05) is 59.8 Å². The number of nitrogens with zero attached hydrogens (tertiary/aromatic N) is 2. The quantitative estimate of drug-likeness (QED) is 0.244. The Morgan fingerprint density at radius 3 is 1.86 bits per heavy atom. The summed E-state index contributed by atoms with van der Waals surface area (Å²) in [6, 6.07) is 30.6. The molecular weight excluding hydrogens is 468 g/mol. The molecule has 5 rings (SSSR count). The molecule has 0 spiro atoms. The summed E-state index contributed by atoms with van der Waals surface area (Å²) in [4.78, 5) is 1.71. The minimum atomic E-state index is -4.69. The molecule has 0 bridgehead atoms. The van der Waals surface area contributed by atoms with Crippen molar-refractivity contribution in [3.05, 3.63) is 125 Å². The van der Waals surface area contributed by atoms with Gasteiger partial charge in [-0.2, -0.15) is 0 Å². The minimum absolute atomic E-state index is 0.170. The van der Waals surface area contributed by atoms with Crippen molar-refractivity contribution in [2.24, 2.45) is 0 Å². The van der Waals surface area contributed by atoms with Gasteiger partial charge in [0.15, 0.2) is 12.1 Å². The van der Waals surface area contributed by atoms with Crippen molar-refractivity contribution in [1.29, 1.82) is 0 Å². The van der Waals surface area contributed by atoms with E-state index in [0.717, 1.165) is 27.9 Å². The van der Waals surface area contributed by atoms with E-state index in [4.69, 9.17) is 0 Å². The summed E-state index contributed by atoms with van der Waals surface area (Å²) >= 11 is 0. The number of rotatable bonds is 5. The number of hydrogen-bond acceptors (Lipinski definition) is 4. The molecule has 2 atom stereocenters. The molecule has 0 amide bonds. The van der Waals surface area contributed by atoms with Crippen LogP contribution >= 0.6 is 0 Å². The Kier molecular flexibility index (Phi) is 6.24. The van der Waals surface area contributed by atoms with Crippen LogP contribution in [0.4, 0.5) is 11.4 Å². The molecule has 0 aromatic heterocycles. The van der Waals surface area contributed by atoms with E-state index in [0.29, 0.717) is 5.69 Å². The first kappa shape index (κ1) is 24.0. The van der Waals surface area contributed by atoms with Crippen LogP contribution in [0.3, 0.4) is 0 Å². The van der Waals surface area contributed by atoms with Crippen LogP contribution < -0.4 is 4.90 Å². The molecule has 0 saturated carbocycles. The van der Waals surface area contributed by atoms with Gasteiger partial charge < -0.3 is 4.55 Å². The molecule has 0 saturated heterocycles. The van der Waals surface area contributed by atoms with E-state index in [1.165, 1.54) is 11.6 Å². The summed E-state index contributed by atoms with van der Waals surface area (Å²) in [6.07, 6.45) is 1.96. The van der Waals surface area contributed by atoms with Crippen molar-refractivity contribution in [2.75, 3.05) is 4.90 Å². The third-order valence-electron chi connectivity index (χ3n) is 6.74. The second-order valence-corrected chi connectivity index (χ2v) is 10.7. The summed E-state index contributed by atoms with van der Waals surface area (Å²) in [5, 5.41) is 0. The Balaban J connectivity index is 1.83. The summed E-state index contributed by atoms with van der Waals surface area (Å²) in [6.45, 7) is 6.28. The molecule has 0 N–H and O–H groups in total. The molecule has 5 nitrogen and oxygen atoms in total. The zero-order valence-electron chi connectivity index (χ0n) is 20.5. The largest absolute Gasteiger partial charge is 0.744 e. The lowest BCUT2D eigenvalue weighted by Crippen LogP contribution is -2.27. The minimum Gasteiger partial charge on any atom is -0.744 e. The van der Waals surface area contributed by atoms with Crippen LogP contribution in [0.2, 0.25) is 0 Å². The van der Waals surface area contributed by atoms with Crippen molar-refractivity contribution in [2.45, 2.75) is 37.8 Å². The molecule has 0 unspecified atom stereocenters. The Hall–Kier alpha value is -3.74. The monoisotopic (exact) mass is 496 g/mol. The number of anilines is 1. The Morgan fingerprint density at radius 2 is 1.28 bits per heavy atom. The fourth-order valence-corrected chi connectivity index (χ4v) is 6.11. The van der Waals surface area contributed by atoms with Gasteiger partial charge >= 0.3 is 0 Å². The maximum Gasteiger partial charge on any atom is 0.245 e. The first-order valence-corrected chi connectivity index (χ1v) is 13.3. The number of para-hydroxylation sites is 1. The molecule has 1 aliphatic heterocycles. The molecule has 36 heavy (non-hydrogen) atoms. The van der Waals surface area contributed by atoms with Gasteiger partial charge in [-0.3, -0.25) is 0 Å². The lowest BCUT2D eigenvalue weighted by atomic mass is 9.91. The Bertz CT molecular complexity index is 1520. The van der Waals surface area contributed by atoms with E-state index in [2.05, 4.69) is 49.6 Å². The fourth-order valence-electron chi connectivity index (χ4n) is 5.44. The lowest BCUT2D eigenvalue weighted by Gasteiger charge is -2.26. The normalized spacial score (nSPS) is 17.8. The zero-order chi connectivity index (χ0) is 25.4. The summed E-state index contributed by atoms with van der Waals surface area (Å²) in [7, 11) is -4.69. The van der Waals surface area contributed by atoms with Crippen LogP contribution in [0.15, 0.2) is 102 Å². The second kappa shape index (κ2) is 9.37. The maximum absolute atomic E-state index is 12.3. The third kappa shape index (κ3) is 4.34. The summed E-state index contributed by atoms with van der Waals surface area (Å²) in [5.41, 5.74) is 6.99. The Labute approximate surface area is 212 Å². The van der Waals surface area contributed by atoms with Crippen LogP contribution in [0.1, 0.15) is 39.9 Å². The van der Waals surface area contributed by atoms with Gasteiger partial charge in [0, 0.05) is 11.1 Å². The van der Waals surface area contributed by atoms with Crippen molar-refractivity contribution >= 4 is 27.8 Å². The smallest absolute Gasteiger partial charge is 0.245 e. The van der Waals surface area contributed by atoms with Crippen LogP contribution in [0, 0.1) is 20.8 Å². The first-order valence-electron chi connectivity index (χ1n) is 11.9. The van der Waals surface area contributed by atoms with E-state index < -0.39 is 10.1 Å². The molecule has 0 aliphatic carbocycles. The SMILES string of the molecule is Cc1cc(C)c([N+]2=CN(c3ccccc3S(=O)(=O)[O-])[C@@H](c3ccccc3)[C@@H]2c2ccccc2)c(C)c1. The molecule has 1 aliphatic rings. The van der Waals surface area contributed by atoms with E-state index in [9.17, 15) is 13.0 Å². The van der Waals surface area contributed by atoms with E-state index in [-0.39, 0.29) is 17.0 Å². The highest BCUT2D eigenvalue weighted by molar-refractivity contribution is 7.86. The van der Waals surface area contributed by atoms with Crippen LogP contribution in [0.25, 0.3) is 0 Å². The second-order valence-electron chi connectivity index (χ2n) is 9.31. The van der Waals surface area contributed by atoms with Gasteiger partial charge in [-0.25, -0.2) is 17.9 Å². The average Bonchev–Trinajstić information content (AvgIpc) is 3.24. The number of hydrogen-bond donors (Lipinski definition) is 0. The van der Waals surface area contributed by atoms with Gasteiger partial charge in [-0.1, -0.05) is 90.5 Å². The molecule has 4 aromatic rings. The van der Waals surface area contributed by atoms with Gasteiger partial charge in [-0.05, 0) is 44.0 Å². The maximum atomic E-state index is 12.3. The van der Waals surface area contributed by atoms with E-state index >= 15 is 0 Å². The van der Waals surface area contributed by atoms with Gasteiger partial charge in [-0.15, -0.1) is 0 Å². The van der Waals surface area contributed by atoms with Gasteiger partial charge in [0.25, 0.3) is 0 Å². The lowest BCUT2D eigenvalue weighted by molar-refractivity contribution is -0.482. The molecule has 0 radical (unpaired) electrons. The highest BCUT2D eigenvalue weighted by atomic mass is 32.2. The van der Waals surface area contributed by atoms with Gasteiger partial charge in [0.05, 0.1) is 0 Å². The van der Waals surface area contributed by atoms with Crippen LogP contribution in [-0.2, 0) is 10.1 Å². The average molecular weight is 497 g/mol. The highest BCUT2D eigenvalue weighted by Crippen LogP contribution is 2.47. The standard InChI is InChI=1S/C30H28N2O3S/c1-21-18-22(2)28(23(3)19-21)32-20-31(26-16-10-11-17-27(26)36(33,34)35)29(24-12-6-4-7-13-24)30(32)25-14-8-5-9-15-25/h4-20,29-30H,1-3H3/t29-,30-/m0/s1. The molecule has 6 heteroatoms. The highest BCUT2D eigenvalue weighted by Gasteiger charge is 2.47. The van der Waals surface area contributed by atoms with Crippen molar-refractivity contribution in [3.63, 3.8) is 0 Å². The predicted molar refractivity (Wildman–Crippen MR) is 142 cm³/mol. The number of benzene rings is 4. The molecule has 1 heterocycles. The molecular formula is C30H28N2O3S. The topological polar surface area (TPSA) is 63.5 Å². The molecule has 182 valence electrons. The van der Waals surface area contributed by atoms with Crippen molar-refractivity contribution in [3.8, 4) is 0 Å². The summed E-state index contributed by atoms with van der Waals surface area (Å²) in [5.74, 6) is 0. The zero-order valence-corrected chi connectivity index (χ0v) is 21.3. The molecule has 0 fully saturated rings. The van der Waals surface area contributed by atoms with Gasteiger partial charge in [0.1, 0.15) is 26.4 Å². The summed E-state index contributed by atoms with van der Waals surface area (Å²) < 4.78 is 39.1. The number of aryl methyl sites for hydroxylation is 3. The van der Waals surface area contributed by atoms with Crippen LogP contribution in [-0.4, -0.2) is 23.9 Å². The van der Waals surface area contributed by atoms with Crippen molar-refractivity contribution < 1.29 is 17.5 Å². The van der Waals surface area contributed by atoms with Crippen LogP contribution in [0.5, 0.6) is 0 Å².